The van der Waals surface area contributed by atoms with Crippen LogP contribution in [0.1, 0.15) is 24.8 Å². The first-order chi connectivity index (χ1) is 13.8. The summed E-state index contributed by atoms with van der Waals surface area (Å²) in [6.07, 6.45) is 3.05. The van der Waals surface area contributed by atoms with Crippen LogP contribution in [0.4, 0.5) is 4.79 Å². The minimum Gasteiger partial charge on any atom is -0.335 e. The molecular weight excluding hydrogens is 348 g/mol. The normalized spacial score (nSPS) is 20.8. The van der Waals surface area contributed by atoms with Gasteiger partial charge in [0.1, 0.15) is 0 Å². The number of carbonyl (C=O) groups is 1. The van der Waals surface area contributed by atoms with E-state index in [1.807, 2.05) is 6.07 Å². The maximum Gasteiger partial charge on any atom is 0.315 e. The lowest BCUT2D eigenvalue weighted by molar-refractivity contribution is 0.186. The zero-order chi connectivity index (χ0) is 19.2. The van der Waals surface area contributed by atoms with Gasteiger partial charge < -0.3 is 16.0 Å². The van der Waals surface area contributed by atoms with E-state index in [2.05, 4.69) is 69.4 Å². The molecule has 0 spiro atoms. The van der Waals surface area contributed by atoms with Crippen molar-refractivity contribution in [1.29, 1.82) is 0 Å². The summed E-state index contributed by atoms with van der Waals surface area (Å²) in [4.78, 5) is 14.6. The number of likely N-dealkylation sites (tertiary alicyclic amines) is 1. The molecule has 5 heteroatoms. The number of amides is 2. The second-order valence-electron chi connectivity index (χ2n) is 7.92. The van der Waals surface area contributed by atoms with E-state index in [1.165, 1.54) is 16.7 Å². The number of benzene rings is 2. The summed E-state index contributed by atoms with van der Waals surface area (Å²) in [6, 6.07) is 19.9. The highest BCUT2D eigenvalue weighted by molar-refractivity contribution is 5.74. The average molecular weight is 379 g/mol. The predicted molar refractivity (Wildman–Crippen MR) is 113 cm³/mol. The number of hydrogen-bond donors (Lipinski definition) is 3. The van der Waals surface area contributed by atoms with Crippen molar-refractivity contribution < 1.29 is 4.79 Å². The Kier molecular flexibility index (Phi) is 6.24. The first-order valence-electron chi connectivity index (χ1n) is 10.4. The van der Waals surface area contributed by atoms with Crippen LogP contribution in [-0.2, 0) is 6.54 Å². The van der Waals surface area contributed by atoms with E-state index in [4.69, 9.17) is 0 Å². The van der Waals surface area contributed by atoms with E-state index in [0.717, 1.165) is 52.0 Å². The molecule has 2 aromatic carbocycles. The van der Waals surface area contributed by atoms with Crippen molar-refractivity contribution in [2.45, 2.75) is 37.9 Å². The second kappa shape index (κ2) is 9.22. The van der Waals surface area contributed by atoms with Gasteiger partial charge in [-0.25, -0.2) is 4.79 Å². The van der Waals surface area contributed by atoms with Gasteiger partial charge in [0.15, 0.2) is 0 Å². The number of urea groups is 1. The molecule has 0 saturated carbocycles. The van der Waals surface area contributed by atoms with Crippen LogP contribution >= 0.6 is 0 Å². The fourth-order valence-electron chi connectivity index (χ4n) is 4.12. The van der Waals surface area contributed by atoms with Crippen molar-refractivity contribution in [3.05, 3.63) is 60.2 Å². The Morgan fingerprint density at radius 3 is 2.25 bits per heavy atom. The molecule has 4 rings (SSSR count). The third-order valence-corrected chi connectivity index (χ3v) is 5.79. The first-order valence-corrected chi connectivity index (χ1v) is 10.4. The lowest BCUT2D eigenvalue weighted by Gasteiger charge is -2.32. The minimum atomic E-state index is -0.0105. The highest BCUT2D eigenvalue weighted by atomic mass is 16.2. The second-order valence-corrected chi connectivity index (χ2v) is 7.92. The quantitative estimate of drug-likeness (QED) is 0.750. The Morgan fingerprint density at radius 1 is 0.893 bits per heavy atom. The maximum atomic E-state index is 12.1. The molecule has 0 radical (unpaired) electrons. The number of nitrogens with zero attached hydrogens (tertiary/aromatic N) is 1. The Balaban J connectivity index is 1.21. The largest absolute Gasteiger partial charge is 0.335 e. The first kappa shape index (κ1) is 19.0. The van der Waals surface area contributed by atoms with Crippen molar-refractivity contribution in [1.82, 2.24) is 20.9 Å². The van der Waals surface area contributed by atoms with Gasteiger partial charge in [0.05, 0.1) is 0 Å². The molecule has 2 aromatic rings. The average Bonchev–Trinajstić information content (AvgIpc) is 3.24. The van der Waals surface area contributed by atoms with Crippen molar-refractivity contribution in [3.63, 3.8) is 0 Å². The molecular formula is C23H30N4O. The van der Waals surface area contributed by atoms with Gasteiger partial charge >= 0.3 is 6.03 Å². The van der Waals surface area contributed by atoms with Crippen molar-refractivity contribution in [2.24, 2.45) is 0 Å². The molecule has 2 saturated heterocycles. The van der Waals surface area contributed by atoms with Gasteiger partial charge in [-0.1, -0.05) is 54.6 Å². The van der Waals surface area contributed by atoms with E-state index in [0.29, 0.717) is 0 Å². The summed E-state index contributed by atoms with van der Waals surface area (Å²) >= 11 is 0. The number of hydrogen-bond acceptors (Lipinski definition) is 3. The Hall–Kier alpha value is -2.37. The maximum absolute atomic E-state index is 12.1. The van der Waals surface area contributed by atoms with E-state index >= 15 is 0 Å². The van der Waals surface area contributed by atoms with E-state index < -0.39 is 0 Å². The monoisotopic (exact) mass is 378 g/mol. The summed E-state index contributed by atoms with van der Waals surface area (Å²) in [7, 11) is 0. The van der Waals surface area contributed by atoms with Crippen molar-refractivity contribution >= 4 is 6.03 Å². The Bertz CT molecular complexity index is 748. The topological polar surface area (TPSA) is 56.4 Å². The Morgan fingerprint density at radius 2 is 1.57 bits per heavy atom. The lowest BCUT2D eigenvalue weighted by Crippen LogP contribution is -2.50. The summed E-state index contributed by atoms with van der Waals surface area (Å²) in [6.45, 7) is 4.90. The van der Waals surface area contributed by atoms with Gasteiger partial charge in [-0.3, -0.25) is 4.90 Å². The zero-order valence-electron chi connectivity index (χ0n) is 16.4. The van der Waals surface area contributed by atoms with Crippen LogP contribution < -0.4 is 16.0 Å². The highest BCUT2D eigenvalue weighted by Crippen LogP contribution is 2.20. The molecule has 5 nitrogen and oxygen atoms in total. The SMILES string of the molecule is O=C(NC1CCN(Cc2ccc(-c3ccccc3)cc2)CC1)N[C@@H]1CCNC1. The lowest BCUT2D eigenvalue weighted by atomic mass is 10.0. The molecule has 28 heavy (non-hydrogen) atoms. The van der Waals surface area contributed by atoms with Crippen LogP contribution in [0.2, 0.25) is 0 Å². The van der Waals surface area contributed by atoms with Gasteiger partial charge in [-0.05, 0) is 42.5 Å². The summed E-state index contributed by atoms with van der Waals surface area (Å²) in [5, 5.41) is 9.49. The van der Waals surface area contributed by atoms with Crippen molar-refractivity contribution in [3.8, 4) is 11.1 Å². The zero-order valence-corrected chi connectivity index (χ0v) is 16.4. The van der Waals surface area contributed by atoms with Crippen LogP contribution in [0.15, 0.2) is 54.6 Å². The van der Waals surface area contributed by atoms with Crippen LogP contribution in [0, 0.1) is 0 Å². The molecule has 2 aliphatic heterocycles. The predicted octanol–water partition coefficient (Wildman–Crippen LogP) is 2.98. The smallest absolute Gasteiger partial charge is 0.315 e. The molecule has 0 aliphatic carbocycles. The third kappa shape index (κ3) is 5.12. The van der Waals surface area contributed by atoms with E-state index in [1.54, 1.807) is 0 Å². The Labute approximate surface area is 167 Å². The van der Waals surface area contributed by atoms with Gasteiger partial charge in [0.2, 0.25) is 0 Å². The van der Waals surface area contributed by atoms with Gasteiger partial charge in [0, 0.05) is 38.3 Å². The number of rotatable bonds is 5. The van der Waals surface area contributed by atoms with Gasteiger partial charge in [0.25, 0.3) is 0 Å². The molecule has 0 bridgehead atoms. The van der Waals surface area contributed by atoms with Crippen LogP contribution in [0.25, 0.3) is 11.1 Å². The van der Waals surface area contributed by atoms with Gasteiger partial charge in [-0.15, -0.1) is 0 Å². The molecule has 148 valence electrons. The molecule has 3 N–H and O–H groups in total. The number of carbonyl (C=O) groups excluding carboxylic acids is 1. The summed E-state index contributed by atoms with van der Waals surface area (Å²) in [5.74, 6) is 0. The third-order valence-electron chi connectivity index (χ3n) is 5.79. The molecule has 2 aliphatic rings. The fourth-order valence-corrected chi connectivity index (χ4v) is 4.12. The van der Waals surface area contributed by atoms with Crippen LogP contribution in [0.3, 0.4) is 0 Å². The van der Waals surface area contributed by atoms with Gasteiger partial charge in [-0.2, -0.15) is 0 Å². The highest BCUT2D eigenvalue weighted by Gasteiger charge is 2.22. The molecule has 1 atom stereocenters. The number of nitrogens with one attached hydrogen (secondary N) is 3. The summed E-state index contributed by atoms with van der Waals surface area (Å²) in [5.41, 5.74) is 3.86. The van der Waals surface area contributed by atoms with Crippen LogP contribution in [-0.4, -0.2) is 49.2 Å². The van der Waals surface area contributed by atoms with Crippen LogP contribution in [0.5, 0.6) is 0 Å². The molecule has 0 unspecified atom stereocenters. The molecule has 2 heterocycles. The number of piperidine rings is 1. The molecule has 2 fully saturated rings. The molecule has 0 aromatic heterocycles. The van der Waals surface area contributed by atoms with E-state index in [9.17, 15) is 4.79 Å². The summed E-state index contributed by atoms with van der Waals surface area (Å²) < 4.78 is 0. The standard InChI is InChI=1S/C23H30N4O/c28-23(26-22-10-13-24-16-22)25-21-11-14-27(15-12-21)17-18-6-8-20(9-7-18)19-4-2-1-3-5-19/h1-9,21-22,24H,10-17H2,(H2,25,26,28)/t22-/m1/s1. The van der Waals surface area contributed by atoms with E-state index in [-0.39, 0.29) is 18.1 Å². The van der Waals surface area contributed by atoms with Crippen molar-refractivity contribution in [2.75, 3.05) is 26.2 Å². The minimum absolute atomic E-state index is 0.0105. The fraction of sp³-hybridized carbons (Fsp3) is 0.435. The molecule has 2 amide bonds.